The van der Waals surface area contributed by atoms with E-state index in [2.05, 4.69) is 4.98 Å². The Bertz CT molecular complexity index is 609. The lowest BCUT2D eigenvalue weighted by Crippen LogP contribution is -2.15. The summed E-state index contributed by atoms with van der Waals surface area (Å²) in [5.74, 6) is -0.202. The number of rotatable bonds is 2. The molecule has 100 valence electrons. The Balaban J connectivity index is 2.13. The summed E-state index contributed by atoms with van der Waals surface area (Å²) >= 11 is 3.10. The van der Waals surface area contributed by atoms with E-state index in [0.29, 0.717) is 5.56 Å². The van der Waals surface area contributed by atoms with Gasteiger partial charge in [0.1, 0.15) is 10.8 Å². The van der Waals surface area contributed by atoms with Crippen molar-refractivity contribution in [2.75, 3.05) is 6.26 Å². The zero-order valence-electron chi connectivity index (χ0n) is 10.6. The Labute approximate surface area is 120 Å². The third-order valence-corrected chi connectivity index (χ3v) is 5.43. The maximum Gasteiger partial charge on any atom is 0.134 e. The Kier molecular flexibility index (Phi) is 3.60. The summed E-state index contributed by atoms with van der Waals surface area (Å²) in [6, 6.07) is 5.24. The lowest BCUT2D eigenvalue weighted by molar-refractivity contribution is 0.573. The number of thioether (sulfide) groups is 1. The van der Waals surface area contributed by atoms with Crippen LogP contribution in [0.4, 0.5) is 4.39 Å². The van der Waals surface area contributed by atoms with Crippen molar-refractivity contribution in [1.82, 2.24) is 4.98 Å². The van der Waals surface area contributed by atoms with Gasteiger partial charge in [0.15, 0.2) is 0 Å². The number of nitrogens with two attached hydrogens (primary N) is 1. The zero-order chi connectivity index (χ0) is 13.4. The first-order valence-corrected chi connectivity index (χ1v) is 8.33. The van der Waals surface area contributed by atoms with E-state index in [4.69, 9.17) is 5.73 Å². The molecule has 0 fully saturated rings. The molecular formula is C14H15FN2S2. The molecule has 19 heavy (non-hydrogen) atoms. The van der Waals surface area contributed by atoms with Crippen molar-refractivity contribution in [2.45, 2.75) is 30.2 Å². The standard InChI is InChI=1S/C14H15FN2S2/c1-18-11-7-2-4-8(15)12(11)14-17-10-6-3-5-9(16)13(10)19-14/h2,4,7,9H,3,5-6,16H2,1H3. The molecule has 0 radical (unpaired) electrons. The number of halogens is 1. The maximum absolute atomic E-state index is 14.1. The summed E-state index contributed by atoms with van der Waals surface area (Å²) in [6.07, 6.45) is 4.99. The van der Waals surface area contributed by atoms with Gasteiger partial charge >= 0.3 is 0 Å². The van der Waals surface area contributed by atoms with E-state index in [0.717, 1.165) is 39.7 Å². The van der Waals surface area contributed by atoms with Crippen molar-refractivity contribution in [1.29, 1.82) is 0 Å². The van der Waals surface area contributed by atoms with Crippen molar-refractivity contribution >= 4 is 23.1 Å². The van der Waals surface area contributed by atoms with E-state index in [1.165, 1.54) is 6.07 Å². The van der Waals surface area contributed by atoms with Crippen LogP contribution < -0.4 is 5.73 Å². The monoisotopic (exact) mass is 294 g/mol. The van der Waals surface area contributed by atoms with Gasteiger partial charge in [-0.25, -0.2) is 9.37 Å². The van der Waals surface area contributed by atoms with Gasteiger partial charge in [-0.05, 0) is 37.7 Å². The number of nitrogens with zero attached hydrogens (tertiary/aromatic N) is 1. The van der Waals surface area contributed by atoms with Crippen molar-refractivity contribution < 1.29 is 4.39 Å². The van der Waals surface area contributed by atoms with Crippen LogP contribution in [0.5, 0.6) is 0 Å². The highest BCUT2D eigenvalue weighted by atomic mass is 32.2. The summed E-state index contributed by atoms with van der Waals surface area (Å²) in [7, 11) is 0. The van der Waals surface area contributed by atoms with Gasteiger partial charge in [-0.3, -0.25) is 0 Å². The lowest BCUT2D eigenvalue weighted by Gasteiger charge is -2.15. The van der Waals surface area contributed by atoms with E-state index < -0.39 is 0 Å². The predicted molar refractivity (Wildman–Crippen MR) is 79.2 cm³/mol. The van der Waals surface area contributed by atoms with E-state index in [-0.39, 0.29) is 11.9 Å². The minimum atomic E-state index is -0.202. The number of benzene rings is 1. The van der Waals surface area contributed by atoms with Gasteiger partial charge in [0.05, 0.1) is 11.3 Å². The molecule has 3 rings (SSSR count). The summed E-state index contributed by atoms with van der Waals surface area (Å²) in [6.45, 7) is 0. The first-order chi connectivity index (χ1) is 9.20. The van der Waals surface area contributed by atoms with Crippen LogP contribution in [-0.2, 0) is 6.42 Å². The smallest absolute Gasteiger partial charge is 0.134 e. The highest BCUT2D eigenvalue weighted by Gasteiger charge is 2.24. The van der Waals surface area contributed by atoms with Crippen LogP contribution in [0.1, 0.15) is 29.5 Å². The second kappa shape index (κ2) is 5.23. The van der Waals surface area contributed by atoms with E-state index in [1.54, 1.807) is 29.2 Å². The molecule has 0 bridgehead atoms. The summed E-state index contributed by atoms with van der Waals surface area (Å²) in [5.41, 5.74) is 7.81. The molecule has 2 nitrogen and oxygen atoms in total. The summed E-state index contributed by atoms with van der Waals surface area (Å²) < 4.78 is 14.1. The Morgan fingerprint density at radius 2 is 2.32 bits per heavy atom. The third-order valence-electron chi connectivity index (χ3n) is 3.40. The highest BCUT2D eigenvalue weighted by Crippen LogP contribution is 2.40. The average molecular weight is 294 g/mol. The van der Waals surface area contributed by atoms with E-state index in [9.17, 15) is 4.39 Å². The van der Waals surface area contributed by atoms with Crippen LogP contribution >= 0.6 is 23.1 Å². The minimum Gasteiger partial charge on any atom is -0.323 e. The molecule has 0 saturated carbocycles. The van der Waals surface area contributed by atoms with Crippen LogP contribution in [0, 0.1) is 5.82 Å². The normalized spacial score (nSPS) is 18.4. The molecule has 0 spiro atoms. The molecular weight excluding hydrogens is 279 g/mol. The SMILES string of the molecule is CSc1cccc(F)c1-c1nc2c(s1)C(N)CCC2. The van der Waals surface area contributed by atoms with Crippen LogP contribution in [0.2, 0.25) is 0 Å². The Morgan fingerprint density at radius 3 is 3.05 bits per heavy atom. The molecule has 1 aromatic carbocycles. The molecule has 0 amide bonds. The lowest BCUT2D eigenvalue weighted by atomic mass is 9.99. The third kappa shape index (κ3) is 2.30. The number of thiazole rings is 1. The fourth-order valence-electron chi connectivity index (χ4n) is 2.44. The largest absolute Gasteiger partial charge is 0.323 e. The molecule has 1 aliphatic rings. The molecule has 1 aromatic heterocycles. The highest BCUT2D eigenvalue weighted by molar-refractivity contribution is 7.98. The van der Waals surface area contributed by atoms with Crippen LogP contribution in [0.3, 0.4) is 0 Å². The van der Waals surface area contributed by atoms with E-state index >= 15 is 0 Å². The first kappa shape index (κ1) is 13.1. The van der Waals surface area contributed by atoms with Crippen molar-refractivity contribution in [3.63, 3.8) is 0 Å². The van der Waals surface area contributed by atoms with Crippen LogP contribution in [0.15, 0.2) is 23.1 Å². The first-order valence-electron chi connectivity index (χ1n) is 6.28. The molecule has 1 heterocycles. The number of hydrogen-bond acceptors (Lipinski definition) is 4. The quantitative estimate of drug-likeness (QED) is 0.851. The molecule has 0 saturated heterocycles. The van der Waals surface area contributed by atoms with Gasteiger partial charge in [-0.2, -0.15) is 0 Å². The van der Waals surface area contributed by atoms with Gasteiger partial charge in [0.25, 0.3) is 0 Å². The number of hydrogen-bond donors (Lipinski definition) is 1. The minimum absolute atomic E-state index is 0.0690. The molecule has 1 aliphatic carbocycles. The van der Waals surface area contributed by atoms with Crippen molar-refractivity contribution in [3.05, 3.63) is 34.6 Å². The van der Waals surface area contributed by atoms with E-state index in [1.807, 2.05) is 12.3 Å². The predicted octanol–water partition coefficient (Wildman–Crippen LogP) is 4.01. The number of fused-ring (bicyclic) bond motifs is 1. The molecule has 2 aromatic rings. The van der Waals surface area contributed by atoms with Gasteiger partial charge in [-0.1, -0.05) is 6.07 Å². The van der Waals surface area contributed by atoms with Crippen LogP contribution in [0.25, 0.3) is 10.6 Å². The molecule has 0 aliphatic heterocycles. The molecule has 2 N–H and O–H groups in total. The van der Waals surface area contributed by atoms with Crippen molar-refractivity contribution in [2.24, 2.45) is 5.73 Å². The van der Waals surface area contributed by atoms with Gasteiger partial charge in [0, 0.05) is 15.8 Å². The average Bonchev–Trinajstić information content (AvgIpc) is 2.83. The van der Waals surface area contributed by atoms with Crippen LogP contribution in [-0.4, -0.2) is 11.2 Å². The molecule has 1 unspecified atom stereocenters. The number of aromatic nitrogens is 1. The van der Waals surface area contributed by atoms with Gasteiger partial charge in [0.2, 0.25) is 0 Å². The van der Waals surface area contributed by atoms with Crippen molar-refractivity contribution in [3.8, 4) is 10.6 Å². The summed E-state index contributed by atoms with van der Waals surface area (Å²) in [4.78, 5) is 6.69. The maximum atomic E-state index is 14.1. The number of aryl methyl sites for hydroxylation is 1. The second-order valence-corrected chi connectivity index (χ2v) is 6.52. The Morgan fingerprint density at radius 1 is 1.47 bits per heavy atom. The molecule has 1 atom stereocenters. The van der Waals surface area contributed by atoms with Gasteiger partial charge in [-0.15, -0.1) is 23.1 Å². The topological polar surface area (TPSA) is 38.9 Å². The zero-order valence-corrected chi connectivity index (χ0v) is 12.3. The Hall–Kier alpha value is -0.910. The fourth-order valence-corrected chi connectivity index (χ4v) is 4.33. The molecule has 5 heteroatoms. The fraction of sp³-hybridized carbons (Fsp3) is 0.357. The second-order valence-electron chi connectivity index (χ2n) is 4.65. The summed E-state index contributed by atoms with van der Waals surface area (Å²) in [5, 5.41) is 0.768. The van der Waals surface area contributed by atoms with Gasteiger partial charge < -0.3 is 5.73 Å².